The summed E-state index contributed by atoms with van der Waals surface area (Å²) in [7, 11) is 0. The standard InChI is InChI=1S/C11H13F3N2O3/c1-7-2-3-8(9(18)15-7)10(19)16(4-5-17)6-11(12,13)14/h2-3,17H,4-6H2,1H3,(H,15,18). The highest BCUT2D eigenvalue weighted by molar-refractivity contribution is 5.93. The third-order valence-corrected chi connectivity index (χ3v) is 2.31. The highest BCUT2D eigenvalue weighted by Gasteiger charge is 2.33. The zero-order valence-corrected chi connectivity index (χ0v) is 10.1. The Morgan fingerprint density at radius 1 is 1.42 bits per heavy atom. The lowest BCUT2D eigenvalue weighted by atomic mass is 10.2. The van der Waals surface area contributed by atoms with Crippen LogP contribution in [-0.4, -0.2) is 46.8 Å². The van der Waals surface area contributed by atoms with Gasteiger partial charge in [0.15, 0.2) is 0 Å². The Balaban J connectivity index is 3.02. The van der Waals surface area contributed by atoms with E-state index in [9.17, 15) is 22.8 Å². The van der Waals surface area contributed by atoms with Crippen molar-refractivity contribution in [3.05, 3.63) is 33.7 Å². The number of amides is 1. The van der Waals surface area contributed by atoms with Crippen LogP contribution >= 0.6 is 0 Å². The van der Waals surface area contributed by atoms with E-state index in [0.717, 1.165) is 6.07 Å². The summed E-state index contributed by atoms with van der Waals surface area (Å²) >= 11 is 0. The van der Waals surface area contributed by atoms with Crippen LogP contribution in [-0.2, 0) is 0 Å². The van der Waals surface area contributed by atoms with Gasteiger partial charge in [0.2, 0.25) is 0 Å². The van der Waals surface area contributed by atoms with E-state index in [1.165, 1.54) is 6.07 Å². The Kier molecular flexibility index (Phi) is 4.71. The van der Waals surface area contributed by atoms with E-state index in [1.54, 1.807) is 6.92 Å². The fraction of sp³-hybridized carbons (Fsp3) is 0.455. The molecular formula is C11H13F3N2O3. The maximum Gasteiger partial charge on any atom is 0.406 e. The molecule has 1 amide bonds. The van der Waals surface area contributed by atoms with Crippen molar-refractivity contribution in [3.8, 4) is 0 Å². The highest BCUT2D eigenvalue weighted by atomic mass is 19.4. The van der Waals surface area contributed by atoms with Crippen LogP contribution in [0.15, 0.2) is 16.9 Å². The zero-order chi connectivity index (χ0) is 14.6. The minimum absolute atomic E-state index is 0.386. The lowest BCUT2D eigenvalue weighted by Crippen LogP contribution is -2.42. The third-order valence-electron chi connectivity index (χ3n) is 2.31. The minimum Gasteiger partial charge on any atom is -0.395 e. The second-order valence-electron chi connectivity index (χ2n) is 3.95. The van der Waals surface area contributed by atoms with E-state index in [0.29, 0.717) is 10.6 Å². The molecule has 106 valence electrons. The summed E-state index contributed by atoms with van der Waals surface area (Å²) in [5.41, 5.74) is -0.649. The molecule has 0 aliphatic rings. The molecule has 8 heteroatoms. The predicted molar refractivity (Wildman–Crippen MR) is 60.8 cm³/mol. The molecule has 0 unspecified atom stereocenters. The molecule has 0 saturated carbocycles. The number of carbonyl (C=O) groups is 1. The van der Waals surface area contributed by atoms with E-state index in [2.05, 4.69) is 4.98 Å². The number of hydrogen-bond donors (Lipinski definition) is 2. The van der Waals surface area contributed by atoms with E-state index in [1.807, 2.05) is 0 Å². The van der Waals surface area contributed by atoms with Crippen molar-refractivity contribution in [2.24, 2.45) is 0 Å². The van der Waals surface area contributed by atoms with Crippen molar-refractivity contribution in [1.82, 2.24) is 9.88 Å². The SMILES string of the molecule is Cc1ccc(C(=O)N(CCO)CC(F)(F)F)c(=O)[nH]1. The Morgan fingerprint density at radius 2 is 2.05 bits per heavy atom. The smallest absolute Gasteiger partial charge is 0.395 e. The average molecular weight is 278 g/mol. The second kappa shape index (κ2) is 5.87. The molecule has 0 radical (unpaired) electrons. The summed E-state index contributed by atoms with van der Waals surface area (Å²) < 4.78 is 36.9. The predicted octanol–water partition coefficient (Wildman–Crippen LogP) is 0.680. The van der Waals surface area contributed by atoms with Crippen LogP contribution in [0.1, 0.15) is 16.1 Å². The van der Waals surface area contributed by atoms with Crippen molar-refractivity contribution >= 4 is 5.91 Å². The number of nitrogens with one attached hydrogen (secondary N) is 1. The van der Waals surface area contributed by atoms with Crippen molar-refractivity contribution in [1.29, 1.82) is 0 Å². The molecule has 5 nitrogen and oxygen atoms in total. The Hall–Kier alpha value is -1.83. The van der Waals surface area contributed by atoms with Crippen LogP contribution in [0.2, 0.25) is 0 Å². The molecule has 1 heterocycles. The maximum atomic E-state index is 12.3. The first-order chi connectivity index (χ1) is 8.74. The fourth-order valence-corrected chi connectivity index (χ4v) is 1.50. The van der Waals surface area contributed by atoms with Gasteiger partial charge < -0.3 is 15.0 Å². The van der Waals surface area contributed by atoms with Crippen LogP contribution in [0.25, 0.3) is 0 Å². The van der Waals surface area contributed by atoms with Gasteiger partial charge in [-0.15, -0.1) is 0 Å². The van der Waals surface area contributed by atoms with Gasteiger partial charge >= 0.3 is 6.18 Å². The van der Waals surface area contributed by atoms with Gasteiger partial charge in [-0.25, -0.2) is 0 Å². The van der Waals surface area contributed by atoms with Crippen molar-refractivity contribution in [2.75, 3.05) is 19.7 Å². The quantitative estimate of drug-likeness (QED) is 0.850. The summed E-state index contributed by atoms with van der Waals surface area (Å²) in [6.07, 6.45) is -4.59. The maximum absolute atomic E-state index is 12.3. The number of aromatic nitrogens is 1. The molecule has 0 aliphatic carbocycles. The number of alkyl halides is 3. The number of aliphatic hydroxyl groups excluding tert-OH is 1. The van der Waals surface area contributed by atoms with Crippen LogP contribution in [0.5, 0.6) is 0 Å². The number of carbonyl (C=O) groups excluding carboxylic acids is 1. The lowest BCUT2D eigenvalue weighted by molar-refractivity contribution is -0.141. The average Bonchev–Trinajstić information content (AvgIpc) is 2.26. The van der Waals surface area contributed by atoms with Gasteiger partial charge in [-0.1, -0.05) is 0 Å². The van der Waals surface area contributed by atoms with Gasteiger partial charge in [0.25, 0.3) is 11.5 Å². The van der Waals surface area contributed by atoms with E-state index >= 15 is 0 Å². The molecule has 1 aromatic heterocycles. The summed E-state index contributed by atoms with van der Waals surface area (Å²) in [5, 5.41) is 8.70. The summed E-state index contributed by atoms with van der Waals surface area (Å²) in [5.74, 6) is -1.06. The van der Waals surface area contributed by atoms with Crippen LogP contribution < -0.4 is 5.56 Å². The molecule has 1 aromatic rings. The topological polar surface area (TPSA) is 73.4 Å². The van der Waals surface area contributed by atoms with Crippen molar-refractivity contribution in [3.63, 3.8) is 0 Å². The molecule has 0 saturated heterocycles. The van der Waals surface area contributed by atoms with E-state index in [-0.39, 0.29) is 5.56 Å². The molecule has 0 bridgehead atoms. The molecular weight excluding hydrogens is 265 g/mol. The number of hydrogen-bond acceptors (Lipinski definition) is 3. The zero-order valence-electron chi connectivity index (χ0n) is 10.1. The molecule has 0 aliphatic heterocycles. The number of rotatable bonds is 4. The van der Waals surface area contributed by atoms with Crippen molar-refractivity contribution < 1.29 is 23.1 Å². The van der Waals surface area contributed by atoms with Crippen LogP contribution in [0.4, 0.5) is 13.2 Å². The first kappa shape index (κ1) is 15.2. The van der Waals surface area contributed by atoms with Gasteiger partial charge in [-0.3, -0.25) is 9.59 Å². The van der Waals surface area contributed by atoms with Crippen molar-refractivity contribution in [2.45, 2.75) is 13.1 Å². The molecule has 2 N–H and O–H groups in total. The Bertz CT molecular complexity index is 511. The van der Waals surface area contributed by atoms with Gasteiger partial charge in [0.05, 0.1) is 6.61 Å². The minimum atomic E-state index is -4.59. The molecule has 0 fully saturated rings. The van der Waals surface area contributed by atoms with Gasteiger partial charge in [0.1, 0.15) is 12.1 Å². The monoisotopic (exact) mass is 278 g/mol. The normalized spacial score (nSPS) is 11.4. The number of nitrogens with zero attached hydrogens (tertiary/aromatic N) is 1. The molecule has 1 rings (SSSR count). The highest BCUT2D eigenvalue weighted by Crippen LogP contribution is 2.17. The first-order valence-corrected chi connectivity index (χ1v) is 5.41. The molecule has 0 aromatic carbocycles. The van der Waals surface area contributed by atoms with Crippen LogP contribution in [0, 0.1) is 6.92 Å². The number of halogens is 3. The van der Waals surface area contributed by atoms with E-state index < -0.39 is 37.3 Å². The van der Waals surface area contributed by atoms with Gasteiger partial charge in [0, 0.05) is 12.2 Å². The molecule has 0 spiro atoms. The number of H-pyrrole nitrogens is 1. The van der Waals surface area contributed by atoms with Crippen LogP contribution in [0.3, 0.4) is 0 Å². The van der Waals surface area contributed by atoms with Gasteiger partial charge in [-0.2, -0.15) is 13.2 Å². The Morgan fingerprint density at radius 3 is 2.53 bits per heavy atom. The third kappa shape index (κ3) is 4.40. The second-order valence-corrected chi connectivity index (χ2v) is 3.95. The summed E-state index contributed by atoms with van der Waals surface area (Å²) in [6.45, 7) is -1.05. The molecule has 19 heavy (non-hydrogen) atoms. The first-order valence-electron chi connectivity index (χ1n) is 5.41. The number of aliphatic hydroxyl groups is 1. The molecule has 0 atom stereocenters. The summed E-state index contributed by atoms with van der Waals surface area (Å²) in [4.78, 5) is 26.1. The number of aryl methyl sites for hydroxylation is 1. The number of aromatic amines is 1. The lowest BCUT2D eigenvalue weighted by Gasteiger charge is -2.22. The van der Waals surface area contributed by atoms with E-state index in [4.69, 9.17) is 5.11 Å². The Labute approximate surface area is 106 Å². The van der Waals surface area contributed by atoms with Gasteiger partial charge in [-0.05, 0) is 19.1 Å². The number of pyridine rings is 1. The summed E-state index contributed by atoms with van der Waals surface area (Å²) in [6, 6.07) is 2.58. The fourth-order valence-electron chi connectivity index (χ4n) is 1.50. The largest absolute Gasteiger partial charge is 0.406 e.